The molecule has 0 amide bonds. The minimum atomic E-state index is 1.50. The second-order valence-corrected chi connectivity index (χ2v) is 1.41. The fourth-order valence-electron chi connectivity index (χ4n) is 0.161. The monoisotopic (exact) mass is 354 g/mol. The zero-order chi connectivity index (χ0) is 13.3. The van der Waals surface area contributed by atoms with E-state index in [9.17, 15) is 0 Å². The topological polar surface area (TPSA) is 168 Å². The molecule has 18 heavy (non-hydrogen) atoms. The Hall–Kier alpha value is -0.161. The Morgan fingerprint density at radius 1 is 0.444 bits per heavy atom. The predicted octanol–water partition coefficient (Wildman–Crippen LogP) is -1.73. The van der Waals surface area contributed by atoms with Crippen molar-refractivity contribution in [2.75, 3.05) is 0 Å². The van der Waals surface area contributed by atoms with E-state index >= 15 is 0 Å². The van der Waals surface area contributed by atoms with Gasteiger partial charge in [-0.2, -0.15) is 0 Å². The van der Waals surface area contributed by atoms with Crippen LogP contribution < -0.4 is 0 Å². The molecule has 0 saturated heterocycles. The third-order valence-electron chi connectivity index (χ3n) is 0.422. The van der Waals surface area contributed by atoms with Crippen LogP contribution in [0.2, 0.25) is 0 Å². The number of rotatable bonds is 15. The van der Waals surface area contributed by atoms with Crippen LogP contribution in [0.4, 0.5) is 0 Å². The van der Waals surface area contributed by atoms with Gasteiger partial charge < -0.3 is 0 Å². The first-order chi connectivity index (χ1) is 8.91. The van der Waals surface area contributed by atoms with Crippen molar-refractivity contribution in [3.8, 4) is 0 Å². The normalized spacial score (nSPS) is 11.0. The first-order valence-electron chi connectivity index (χ1n) is 2.87. The molecule has 0 spiro atoms. The van der Waals surface area contributed by atoms with Gasteiger partial charge in [-0.1, -0.05) is 0 Å². The van der Waals surface area contributed by atoms with Gasteiger partial charge in [0.05, 0.1) is 0 Å². The zero-order valence-electron chi connectivity index (χ0n) is 7.43. The van der Waals surface area contributed by atoms with Crippen LogP contribution in [-0.4, -0.2) is 21.6 Å². The fraction of sp³-hybridized carbons (Fsp3) is 0. The predicted molar refractivity (Wildman–Crippen MR) is 27.1 cm³/mol. The number of hydrogen-bond acceptors (Lipinski definition) is 17. The summed E-state index contributed by atoms with van der Waals surface area (Å²) >= 11 is 1.50. The second-order valence-electron chi connectivity index (χ2n) is 1.10. The molecule has 0 aromatic rings. The molecule has 0 aromatic heterocycles. The van der Waals surface area contributed by atoms with Crippen LogP contribution in [0.5, 0.6) is 0 Å². The summed E-state index contributed by atoms with van der Waals surface area (Å²) in [7, 11) is 0. The van der Waals surface area contributed by atoms with Crippen molar-refractivity contribution in [1.29, 1.82) is 0 Å². The Morgan fingerprint density at radius 2 is 0.722 bits per heavy atom. The second kappa shape index (κ2) is 16.8. The van der Waals surface area contributed by atoms with E-state index in [1.54, 1.807) is 0 Å². The first-order valence-corrected chi connectivity index (χ1v) is 3.63. The molecule has 0 atom stereocenters. The summed E-state index contributed by atoms with van der Waals surface area (Å²) < 4.78 is 3.80. The molecule has 18 heteroatoms. The Kier molecular flexibility index (Phi) is 16.7. The molecule has 0 bridgehead atoms. The average Bonchev–Trinajstić information content (AvgIpc) is 2.39. The van der Waals surface area contributed by atoms with Crippen molar-refractivity contribution < 1.29 is 84.8 Å². The van der Waals surface area contributed by atoms with Crippen molar-refractivity contribution in [3.05, 3.63) is 0 Å². The molecule has 0 fully saturated rings. The van der Waals surface area contributed by atoms with Crippen LogP contribution in [-0.2, 0) is 79.5 Å². The fourth-order valence-corrected chi connectivity index (χ4v) is 0.213. The van der Waals surface area contributed by atoms with Crippen molar-refractivity contribution in [2.24, 2.45) is 0 Å². The summed E-state index contributed by atoms with van der Waals surface area (Å²) in [6, 6.07) is 0. The van der Waals surface area contributed by atoms with Crippen molar-refractivity contribution in [3.63, 3.8) is 0 Å². The molecule has 0 radical (unpaired) electrons. The summed E-state index contributed by atoms with van der Waals surface area (Å²) in [5, 5.41) is 58.9. The maximum absolute atomic E-state index is 7.48. The maximum atomic E-state index is 7.48. The van der Waals surface area contributed by atoms with Gasteiger partial charge in [0.1, 0.15) is 0 Å². The Balaban J connectivity index is 2.86. The van der Waals surface area contributed by atoms with Gasteiger partial charge in [-0.05, 0) is 20.2 Å². The summed E-state index contributed by atoms with van der Waals surface area (Å²) in [4.78, 5) is 0. The van der Waals surface area contributed by atoms with Gasteiger partial charge in [0, 0.05) is 0 Å². The SMILES string of the molecule is OOOOOOOOOOOOOOOOO[SeH]. The van der Waals surface area contributed by atoms with Crippen LogP contribution in [0.15, 0.2) is 0 Å². The van der Waals surface area contributed by atoms with Gasteiger partial charge in [-0.15, -0.1) is 0 Å². The molecule has 110 valence electrons. The zero-order valence-corrected chi connectivity index (χ0v) is 9.30. The van der Waals surface area contributed by atoms with Crippen LogP contribution in [0.1, 0.15) is 0 Å². The van der Waals surface area contributed by atoms with Crippen molar-refractivity contribution in [1.82, 2.24) is 0 Å². The van der Waals surface area contributed by atoms with Crippen LogP contribution in [0, 0.1) is 0 Å². The molecule has 0 aliphatic rings. The molecular formula is H2O17Se. The number of hydrogen-bond donors (Lipinski definition) is 1. The quantitative estimate of drug-likeness (QED) is 0.152. The molecule has 0 unspecified atom stereocenters. The van der Waals surface area contributed by atoms with Gasteiger partial charge in [-0.3, -0.25) is 0 Å². The Morgan fingerprint density at radius 3 is 1.00 bits per heavy atom. The summed E-state index contributed by atoms with van der Waals surface area (Å²) in [5.41, 5.74) is 0. The summed E-state index contributed by atoms with van der Waals surface area (Å²) in [6.45, 7) is 0. The van der Waals surface area contributed by atoms with E-state index < -0.39 is 0 Å². The van der Waals surface area contributed by atoms with Gasteiger partial charge >= 0.3 is 75.7 Å². The molecule has 1 N–H and O–H groups in total. The first kappa shape index (κ1) is 17.8. The Labute approximate surface area is 102 Å². The van der Waals surface area contributed by atoms with Gasteiger partial charge in [0.25, 0.3) is 0 Å². The molecule has 0 heterocycles. The average molecular weight is 353 g/mol. The van der Waals surface area contributed by atoms with E-state index in [2.05, 4.69) is 79.5 Å². The van der Waals surface area contributed by atoms with E-state index in [-0.39, 0.29) is 0 Å². The minimum absolute atomic E-state index is 1.50. The van der Waals surface area contributed by atoms with E-state index in [1.807, 2.05) is 0 Å². The molecule has 0 aliphatic heterocycles. The molecule has 0 rings (SSSR count). The molecule has 0 saturated carbocycles. The standard InChI is InChI=1S/H2O17Se/c1-2-3-4-5-6-7-8-9-10-11-12-13-14-15-16-17-18/h1,18H. The van der Waals surface area contributed by atoms with Crippen LogP contribution in [0.25, 0.3) is 0 Å². The molecule has 0 aliphatic carbocycles. The van der Waals surface area contributed by atoms with E-state index in [1.165, 1.54) is 16.3 Å². The van der Waals surface area contributed by atoms with Gasteiger partial charge in [0.2, 0.25) is 0 Å². The molecule has 17 nitrogen and oxygen atoms in total. The Bertz CT molecular complexity index is 118. The van der Waals surface area contributed by atoms with Crippen molar-refractivity contribution in [2.45, 2.75) is 0 Å². The molecular weight excluding hydrogens is 351 g/mol. The van der Waals surface area contributed by atoms with Crippen molar-refractivity contribution >= 4 is 16.3 Å². The third kappa shape index (κ3) is 15.8. The summed E-state index contributed by atoms with van der Waals surface area (Å²) in [5.74, 6) is 0. The van der Waals surface area contributed by atoms with E-state index in [0.717, 1.165) is 0 Å². The third-order valence-corrected chi connectivity index (χ3v) is 0.550. The van der Waals surface area contributed by atoms with Crippen LogP contribution >= 0.6 is 0 Å². The van der Waals surface area contributed by atoms with E-state index in [4.69, 9.17) is 5.26 Å². The molecule has 0 aromatic carbocycles. The van der Waals surface area contributed by atoms with E-state index in [0.29, 0.717) is 0 Å². The van der Waals surface area contributed by atoms with Gasteiger partial charge in [-0.25, -0.2) is 5.26 Å². The van der Waals surface area contributed by atoms with Gasteiger partial charge in [0.15, 0.2) is 0 Å². The van der Waals surface area contributed by atoms with Crippen LogP contribution in [0.3, 0.4) is 0 Å². The summed E-state index contributed by atoms with van der Waals surface area (Å²) in [6.07, 6.45) is 0.